The van der Waals surface area contributed by atoms with Crippen LogP contribution in [0.1, 0.15) is 30.5 Å². The van der Waals surface area contributed by atoms with Crippen molar-refractivity contribution in [3.63, 3.8) is 0 Å². The summed E-state index contributed by atoms with van der Waals surface area (Å²) in [6.45, 7) is 3.95. The number of hydrogen-bond acceptors (Lipinski definition) is 3. The average Bonchev–Trinajstić information content (AvgIpc) is 2.83. The molecule has 0 aliphatic heterocycles. The van der Waals surface area contributed by atoms with Gasteiger partial charge < -0.3 is 15.0 Å². The SMILES string of the molecule is COc1cccc(CN(C(=O)Cc2ccccc2F)[C@@H](Cc2ccccc2)C(=O)NC(C)C)c1. The number of carbonyl (C=O) groups is 2. The van der Waals surface area contributed by atoms with Crippen LogP contribution in [0, 0.1) is 5.82 Å². The van der Waals surface area contributed by atoms with Crippen molar-refractivity contribution in [1.29, 1.82) is 0 Å². The number of amides is 2. The van der Waals surface area contributed by atoms with E-state index in [0.717, 1.165) is 11.1 Å². The van der Waals surface area contributed by atoms with Gasteiger partial charge in [0, 0.05) is 19.0 Å². The van der Waals surface area contributed by atoms with Gasteiger partial charge in [0.1, 0.15) is 17.6 Å². The molecule has 0 spiro atoms. The Bertz CT molecular complexity index is 1100. The summed E-state index contributed by atoms with van der Waals surface area (Å²) in [5, 5.41) is 2.95. The fourth-order valence-electron chi connectivity index (χ4n) is 3.81. The summed E-state index contributed by atoms with van der Waals surface area (Å²) in [4.78, 5) is 28.5. The zero-order chi connectivity index (χ0) is 24.5. The first-order chi connectivity index (χ1) is 16.4. The van der Waals surface area contributed by atoms with Gasteiger partial charge in [-0.1, -0.05) is 60.7 Å². The van der Waals surface area contributed by atoms with Crippen molar-refractivity contribution in [3.05, 3.63) is 101 Å². The zero-order valence-corrected chi connectivity index (χ0v) is 19.8. The van der Waals surface area contributed by atoms with Gasteiger partial charge in [0.25, 0.3) is 0 Å². The lowest BCUT2D eigenvalue weighted by atomic mass is 10.0. The molecule has 0 aromatic heterocycles. The van der Waals surface area contributed by atoms with Gasteiger partial charge in [-0.2, -0.15) is 0 Å². The topological polar surface area (TPSA) is 58.6 Å². The highest BCUT2D eigenvalue weighted by atomic mass is 19.1. The molecular weight excluding hydrogens is 431 g/mol. The van der Waals surface area contributed by atoms with Crippen LogP contribution in [0.2, 0.25) is 0 Å². The maximum Gasteiger partial charge on any atom is 0.243 e. The number of hydrogen-bond donors (Lipinski definition) is 1. The molecule has 0 heterocycles. The maximum atomic E-state index is 14.4. The molecule has 0 aliphatic rings. The van der Waals surface area contributed by atoms with Crippen molar-refractivity contribution in [3.8, 4) is 5.75 Å². The second-order valence-electron chi connectivity index (χ2n) is 8.51. The molecule has 3 aromatic rings. The molecule has 34 heavy (non-hydrogen) atoms. The van der Waals surface area contributed by atoms with Crippen LogP contribution in [-0.4, -0.2) is 35.9 Å². The first-order valence-electron chi connectivity index (χ1n) is 11.4. The van der Waals surface area contributed by atoms with Gasteiger partial charge in [-0.25, -0.2) is 4.39 Å². The minimum absolute atomic E-state index is 0.0916. The van der Waals surface area contributed by atoms with Crippen LogP contribution in [0.4, 0.5) is 4.39 Å². The molecule has 0 saturated heterocycles. The summed E-state index contributed by atoms with van der Waals surface area (Å²) >= 11 is 0. The van der Waals surface area contributed by atoms with E-state index in [0.29, 0.717) is 17.7 Å². The van der Waals surface area contributed by atoms with E-state index in [1.165, 1.54) is 6.07 Å². The maximum absolute atomic E-state index is 14.4. The van der Waals surface area contributed by atoms with Crippen LogP contribution in [0.15, 0.2) is 78.9 Å². The van der Waals surface area contributed by atoms with Gasteiger partial charge in [0.15, 0.2) is 0 Å². The second kappa shape index (κ2) is 12.0. The van der Waals surface area contributed by atoms with E-state index in [4.69, 9.17) is 4.74 Å². The van der Waals surface area contributed by atoms with E-state index < -0.39 is 11.9 Å². The third-order valence-electron chi connectivity index (χ3n) is 5.49. The number of nitrogens with one attached hydrogen (secondary N) is 1. The summed E-state index contributed by atoms with van der Waals surface area (Å²) in [5.41, 5.74) is 2.04. The van der Waals surface area contributed by atoms with Crippen LogP contribution < -0.4 is 10.1 Å². The molecule has 0 bridgehead atoms. The molecule has 178 valence electrons. The molecule has 6 heteroatoms. The summed E-state index contributed by atoms with van der Waals surface area (Å²) in [6.07, 6.45) is 0.198. The molecule has 1 atom stereocenters. The molecule has 0 saturated carbocycles. The number of rotatable bonds is 10. The van der Waals surface area contributed by atoms with E-state index >= 15 is 0 Å². The predicted molar refractivity (Wildman–Crippen MR) is 131 cm³/mol. The van der Waals surface area contributed by atoms with Crippen LogP contribution in [0.5, 0.6) is 5.75 Å². The number of ether oxygens (including phenoxy) is 1. The highest BCUT2D eigenvalue weighted by molar-refractivity contribution is 5.89. The lowest BCUT2D eigenvalue weighted by Gasteiger charge is -2.32. The minimum atomic E-state index is -0.768. The standard InChI is InChI=1S/C28H31FN2O3/c1-20(2)30-28(33)26(17-21-10-5-4-6-11-21)31(19-22-12-9-14-24(16-22)34-3)27(32)18-23-13-7-8-15-25(23)29/h4-16,20,26H,17-19H2,1-3H3,(H,30,33)/t26-/m0/s1. The van der Waals surface area contributed by atoms with E-state index in [-0.39, 0.29) is 30.8 Å². The van der Waals surface area contributed by atoms with Crippen LogP contribution in [0.25, 0.3) is 0 Å². The highest BCUT2D eigenvalue weighted by Crippen LogP contribution is 2.20. The number of nitrogens with zero attached hydrogens (tertiary/aromatic N) is 1. The fourth-order valence-corrected chi connectivity index (χ4v) is 3.81. The Kier molecular flexibility index (Phi) is 8.79. The normalized spacial score (nSPS) is 11.7. The van der Waals surface area contributed by atoms with Gasteiger partial charge in [-0.05, 0) is 48.7 Å². The molecule has 3 rings (SSSR count). The number of halogens is 1. The van der Waals surface area contributed by atoms with Gasteiger partial charge in [-0.3, -0.25) is 9.59 Å². The third kappa shape index (κ3) is 6.91. The van der Waals surface area contributed by atoms with Crippen molar-refractivity contribution in [2.45, 2.75) is 45.3 Å². The van der Waals surface area contributed by atoms with Crippen molar-refractivity contribution < 1.29 is 18.7 Å². The van der Waals surface area contributed by atoms with Crippen molar-refractivity contribution in [2.75, 3.05) is 7.11 Å². The van der Waals surface area contributed by atoms with Crippen molar-refractivity contribution in [2.24, 2.45) is 0 Å². The number of carbonyl (C=O) groups excluding carboxylic acids is 2. The van der Waals surface area contributed by atoms with Gasteiger partial charge >= 0.3 is 0 Å². The molecule has 5 nitrogen and oxygen atoms in total. The van der Waals surface area contributed by atoms with Crippen LogP contribution in [0.3, 0.4) is 0 Å². The smallest absolute Gasteiger partial charge is 0.243 e. The fraction of sp³-hybridized carbons (Fsp3) is 0.286. The lowest BCUT2D eigenvalue weighted by Crippen LogP contribution is -2.52. The molecule has 0 unspecified atom stereocenters. The molecule has 2 amide bonds. The Labute approximate surface area is 200 Å². The monoisotopic (exact) mass is 462 g/mol. The van der Waals surface area contributed by atoms with Gasteiger partial charge in [0.2, 0.25) is 11.8 Å². The van der Waals surface area contributed by atoms with E-state index in [1.807, 2.05) is 68.4 Å². The summed E-state index contributed by atoms with van der Waals surface area (Å²) < 4.78 is 19.7. The van der Waals surface area contributed by atoms with Crippen molar-refractivity contribution in [1.82, 2.24) is 10.2 Å². The molecule has 0 fully saturated rings. The Morgan fingerprint density at radius 2 is 1.62 bits per heavy atom. The first kappa shape index (κ1) is 25.0. The largest absolute Gasteiger partial charge is 0.497 e. The Morgan fingerprint density at radius 1 is 0.941 bits per heavy atom. The molecule has 0 aliphatic carbocycles. The third-order valence-corrected chi connectivity index (χ3v) is 5.49. The predicted octanol–water partition coefficient (Wildman–Crippen LogP) is 4.54. The number of benzene rings is 3. The summed E-state index contributed by atoms with van der Waals surface area (Å²) in [5.74, 6) is -0.356. The van der Waals surface area contributed by atoms with E-state index in [2.05, 4.69) is 5.32 Å². The quantitative estimate of drug-likeness (QED) is 0.481. The summed E-state index contributed by atoms with van der Waals surface area (Å²) in [6, 6.07) is 22.3. The van der Waals surface area contributed by atoms with E-state index in [1.54, 1.807) is 30.2 Å². The Hall–Kier alpha value is -3.67. The zero-order valence-electron chi connectivity index (χ0n) is 19.8. The van der Waals surface area contributed by atoms with Crippen molar-refractivity contribution >= 4 is 11.8 Å². The minimum Gasteiger partial charge on any atom is -0.497 e. The molecular formula is C28H31FN2O3. The molecule has 3 aromatic carbocycles. The van der Waals surface area contributed by atoms with Crippen LogP contribution >= 0.6 is 0 Å². The van der Waals surface area contributed by atoms with Crippen LogP contribution in [-0.2, 0) is 29.0 Å². The van der Waals surface area contributed by atoms with E-state index in [9.17, 15) is 14.0 Å². The Balaban J connectivity index is 1.99. The first-order valence-corrected chi connectivity index (χ1v) is 11.4. The van der Waals surface area contributed by atoms with Gasteiger partial charge in [-0.15, -0.1) is 0 Å². The summed E-state index contributed by atoms with van der Waals surface area (Å²) in [7, 11) is 1.58. The molecule has 1 N–H and O–H groups in total. The van der Waals surface area contributed by atoms with Gasteiger partial charge in [0.05, 0.1) is 13.5 Å². The lowest BCUT2D eigenvalue weighted by molar-refractivity contribution is -0.141. The Morgan fingerprint density at radius 3 is 2.29 bits per heavy atom. The highest BCUT2D eigenvalue weighted by Gasteiger charge is 2.31. The number of methoxy groups -OCH3 is 1. The average molecular weight is 463 g/mol. The molecule has 0 radical (unpaired) electrons. The second-order valence-corrected chi connectivity index (χ2v) is 8.51.